The van der Waals surface area contributed by atoms with Crippen molar-refractivity contribution < 1.29 is 9.53 Å². The van der Waals surface area contributed by atoms with E-state index < -0.39 is 0 Å². The molecule has 1 saturated heterocycles. The minimum Gasteiger partial charge on any atom is -0.381 e. The molecule has 1 amide bonds. The van der Waals surface area contributed by atoms with Gasteiger partial charge in [0, 0.05) is 30.5 Å². The van der Waals surface area contributed by atoms with Gasteiger partial charge in [0.2, 0.25) is 0 Å². The highest BCUT2D eigenvalue weighted by Gasteiger charge is 2.15. The monoisotopic (exact) mass is 310 g/mol. The van der Waals surface area contributed by atoms with Gasteiger partial charge in [-0.3, -0.25) is 9.78 Å². The summed E-state index contributed by atoms with van der Waals surface area (Å²) < 4.78 is 5.44. The van der Waals surface area contributed by atoms with Crippen LogP contribution in [0.1, 0.15) is 28.8 Å². The van der Waals surface area contributed by atoms with Crippen LogP contribution < -0.4 is 5.32 Å². The van der Waals surface area contributed by atoms with Gasteiger partial charge in [-0.25, -0.2) is 0 Å². The number of aryl methyl sites for hydroxylation is 1. The van der Waals surface area contributed by atoms with Crippen LogP contribution in [-0.4, -0.2) is 30.6 Å². The van der Waals surface area contributed by atoms with Crippen molar-refractivity contribution in [3.8, 4) is 11.3 Å². The predicted molar refractivity (Wildman–Crippen MR) is 90.3 cm³/mol. The molecule has 1 fully saturated rings. The summed E-state index contributed by atoms with van der Waals surface area (Å²) in [5, 5.41) is 3.00. The number of carbonyl (C=O) groups is 1. The molecule has 0 bridgehead atoms. The van der Waals surface area contributed by atoms with Crippen molar-refractivity contribution >= 4 is 5.91 Å². The number of pyridine rings is 1. The van der Waals surface area contributed by atoms with Crippen LogP contribution in [-0.2, 0) is 4.74 Å². The topological polar surface area (TPSA) is 51.2 Å². The maximum atomic E-state index is 12.2. The maximum Gasteiger partial charge on any atom is 0.251 e. The number of carbonyl (C=O) groups excluding carboxylic acids is 1. The minimum absolute atomic E-state index is 0.0284. The van der Waals surface area contributed by atoms with Gasteiger partial charge in [0.1, 0.15) is 0 Å². The number of benzene rings is 1. The first kappa shape index (κ1) is 15.7. The lowest BCUT2D eigenvalue weighted by Gasteiger charge is -2.22. The van der Waals surface area contributed by atoms with Crippen LogP contribution in [0.5, 0.6) is 0 Å². The highest BCUT2D eigenvalue weighted by atomic mass is 16.5. The Balaban J connectivity index is 1.61. The Morgan fingerprint density at radius 2 is 2.13 bits per heavy atom. The van der Waals surface area contributed by atoms with Crippen LogP contribution in [0.15, 0.2) is 42.6 Å². The lowest BCUT2D eigenvalue weighted by Crippen LogP contribution is -2.33. The molecule has 1 aliphatic rings. The number of hydrogen-bond donors (Lipinski definition) is 1. The molecule has 120 valence electrons. The number of ether oxygens (including phenoxy) is 1. The fourth-order valence-corrected chi connectivity index (χ4v) is 2.79. The molecule has 0 unspecified atom stereocenters. The normalized spacial score (nSPS) is 17.7. The zero-order valence-electron chi connectivity index (χ0n) is 13.4. The van der Waals surface area contributed by atoms with Crippen LogP contribution in [0.2, 0.25) is 0 Å². The largest absolute Gasteiger partial charge is 0.381 e. The van der Waals surface area contributed by atoms with E-state index in [0.29, 0.717) is 18.0 Å². The van der Waals surface area contributed by atoms with Crippen molar-refractivity contribution in [2.24, 2.45) is 5.92 Å². The molecule has 4 nitrogen and oxygen atoms in total. The fourth-order valence-electron chi connectivity index (χ4n) is 2.79. The first-order valence-electron chi connectivity index (χ1n) is 8.11. The van der Waals surface area contributed by atoms with Gasteiger partial charge < -0.3 is 10.1 Å². The summed E-state index contributed by atoms with van der Waals surface area (Å²) in [6.07, 6.45) is 4.01. The van der Waals surface area contributed by atoms with Gasteiger partial charge in [-0.1, -0.05) is 12.1 Å². The molecule has 0 radical (unpaired) electrons. The Morgan fingerprint density at radius 1 is 1.30 bits per heavy atom. The molecule has 0 spiro atoms. The van der Waals surface area contributed by atoms with Crippen molar-refractivity contribution in [2.45, 2.75) is 19.8 Å². The average Bonchev–Trinajstić information content (AvgIpc) is 2.61. The highest BCUT2D eigenvalue weighted by Crippen LogP contribution is 2.18. The van der Waals surface area contributed by atoms with Gasteiger partial charge >= 0.3 is 0 Å². The second kappa shape index (κ2) is 7.38. The van der Waals surface area contributed by atoms with E-state index in [1.807, 2.05) is 43.3 Å². The Bertz CT molecular complexity index is 661. The van der Waals surface area contributed by atoms with Crippen molar-refractivity contribution in [3.63, 3.8) is 0 Å². The van der Waals surface area contributed by atoms with Crippen molar-refractivity contribution in [2.75, 3.05) is 19.8 Å². The minimum atomic E-state index is -0.0284. The molecular formula is C19H22N2O2. The zero-order chi connectivity index (χ0) is 16.1. The average molecular weight is 310 g/mol. The predicted octanol–water partition coefficient (Wildman–Crippen LogP) is 3.21. The Kier molecular flexibility index (Phi) is 5.03. The SMILES string of the molecule is Cc1ccnc(-c2ccc(C(=O)NC[C@H]3CCCOC3)cc2)c1. The van der Waals surface area contributed by atoms with E-state index >= 15 is 0 Å². The molecule has 1 aliphatic heterocycles. The number of hydrogen-bond acceptors (Lipinski definition) is 3. The fraction of sp³-hybridized carbons (Fsp3) is 0.368. The summed E-state index contributed by atoms with van der Waals surface area (Å²) in [5.41, 5.74) is 3.80. The van der Waals surface area contributed by atoms with E-state index in [2.05, 4.69) is 10.3 Å². The van der Waals surface area contributed by atoms with Crippen LogP contribution >= 0.6 is 0 Å². The Morgan fingerprint density at radius 3 is 2.83 bits per heavy atom. The number of aromatic nitrogens is 1. The highest BCUT2D eigenvalue weighted by molar-refractivity contribution is 5.94. The van der Waals surface area contributed by atoms with Gasteiger partial charge in [-0.15, -0.1) is 0 Å². The molecule has 0 aliphatic carbocycles. The number of nitrogens with zero attached hydrogens (tertiary/aromatic N) is 1. The van der Waals surface area contributed by atoms with Crippen LogP contribution in [0.3, 0.4) is 0 Å². The van der Waals surface area contributed by atoms with Gasteiger partial charge in [-0.2, -0.15) is 0 Å². The molecule has 23 heavy (non-hydrogen) atoms. The molecule has 4 heteroatoms. The van der Waals surface area contributed by atoms with E-state index in [1.165, 1.54) is 5.56 Å². The first-order valence-corrected chi connectivity index (χ1v) is 8.11. The summed E-state index contributed by atoms with van der Waals surface area (Å²) in [5.74, 6) is 0.405. The van der Waals surface area contributed by atoms with E-state index in [0.717, 1.165) is 37.3 Å². The van der Waals surface area contributed by atoms with Gasteiger partial charge in [-0.05, 0) is 55.5 Å². The molecule has 1 aromatic carbocycles. The van der Waals surface area contributed by atoms with Crippen molar-refractivity contribution in [1.82, 2.24) is 10.3 Å². The maximum absolute atomic E-state index is 12.2. The molecule has 1 atom stereocenters. The van der Waals surface area contributed by atoms with Crippen LogP contribution in [0, 0.1) is 12.8 Å². The van der Waals surface area contributed by atoms with E-state index in [4.69, 9.17) is 4.74 Å². The molecular weight excluding hydrogens is 288 g/mol. The zero-order valence-corrected chi connectivity index (χ0v) is 13.4. The van der Waals surface area contributed by atoms with Crippen molar-refractivity contribution in [1.29, 1.82) is 0 Å². The Labute approximate surface area is 136 Å². The third-order valence-corrected chi connectivity index (χ3v) is 4.16. The van der Waals surface area contributed by atoms with Gasteiger partial charge in [0.25, 0.3) is 5.91 Å². The molecule has 3 rings (SSSR count). The summed E-state index contributed by atoms with van der Waals surface area (Å²) in [6, 6.07) is 11.6. The van der Waals surface area contributed by atoms with E-state index in [9.17, 15) is 4.79 Å². The van der Waals surface area contributed by atoms with Crippen molar-refractivity contribution in [3.05, 3.63) is 53.7 Å². The lowest BCUT2D eigenvalue weighted by molar-refractivity contribution is 0.0536. The molecule has 0 saturated carbocycles. The van der Waals surface area contributed by atoms with Crippen LogP contribution in [0.4, 0.5) is 0 Å². The second-order valence-electron chi connectivity index (χ2n) is 6.09. The summed E-state index contributed by atoms with van der Waals surface area (Å²) >= 11 is 0. The third kappa shape index (κ3) is 4.17. The number of rotatable bonds is 4. The number of amides is 1. The Hall–Kier alpha value is -2.20. The lowest BCUT2D eigenvalue weighted by atomic mass is 10.0. The molecule has 1 aromatic heterocycles. The van der Waals surface area contributed by atoms with Gasteiger partial charge in [0.05, 0.1) is 12.3 Å². The van der Waals surface area contributed by atoms with E-state index in [-0.39, 0.29) is 5.91 Å². The molecule has 1 N–H and O–H groups in total. The quantitative estimate of drug-likeness (QED) is 0.943. The standard InChI is InChI=1S/C19H22N2O2/c1-14-8-9-20-18(11-14)16-4-6-17(7-5-16)19(22)21-12-15-3-2-10-23-13-15/h4-9,11,15H,2-3,10,12-13H2,1H3,(H,21,22)/t15-/m1/s1. The van der Waals surface area contributed by atoms with Crippen LogP contribution in [0.25, 0.3) is 11.3 Å². The molecule has 2 aromatic rings. The smallest absolute Gasteiger partial charge is 0.251 e. The van der Waals surface area contributed by atoms with Gasteiger partial charge in [0.15, 0.2) is 0 Å². The summed E-state index contributed by atoms with van der Waals surface area (Å²) in [7, 11) is 0. The molecule has 2 heterocycles. The first-order chi connectivity index (χ1) is 11.2. The summed E-state index contributed by atoms with van der Waals surface area (Å²) in [6.45, 7) is 4.32. The third-order valence-electron chi connectivity index (χ3n) is 4.16. The second-order valence-corrected chi connectivity index (χ2v) is 6.09. The summed E-state index contributed by atoms with van der Waals surface area (Å²) in [4.78, 5) is 16.6. The number of nitrogens with one attached hydrogen (secondary N) is 1. The van der Waals surface area contributed by atoms with E-state index in [1.54, 1.807) is 6.20 Å².